The standard InChI is InChI=1S/C21H19N5O3/c1-2-14-10-19(27)24-21(22-14)26-18(11-15(25-26)12-7-8-12)23-20(28)17-9-13-5-3-4-6-16(13)29-17/h3-6,9-12H,2,7-8H2,1H3,(H,23,28)(H,22,24,27). The molecule has 1 fully saturated rings. The van der Waals surface area contributed by atoms with Crippen LogP contribution in [0.3, 0.4) is 0 Å². The van der Waals surface area contributed by atoms with Gasteiger partial charge in [0.15, 0.2) is 5.76 Å². The Bertz CT molecular complexity index is 1250. The molecule has 0 saturated heterocycles. The fourth-order valence-electron chi connectivity index (χ4n) is 3.28. The topological polar surface area (TPSA) is 106 Å². The lowest BCUT2D eigenvalue weighted by Gasteiger charge is -2.08. The van der Waals surface area contributed by atoms with E-state index >= 15 is 0 Å². The third kappa shape index (κ3) is 3.33. The van der Waals surface area contributed by atoms with Crippen molar-refractivity contribution in [2.75, 3.05) is 5.32 Å². The van der Waals surface area contributed by atoms with E-state index in [0.717, 1.165) is 23.9 Å². The van der Waals surface area contributed by atoms with Crippen LogP contribution in [0.4, 0.5) is 5.82 Å². The van der Waals surface area contributed by atoms with E-state index in [-0.39, 0.29) is 17.3 Å². The molecule has 0 radical (unpaired) electrons. The summed E-state index contributed by atoms with van der Waals surface area (Å²) in [7, 11) is 0. The number of aryl methyl sites for hydroxylation is 1. The second-order valence-electron chi connectivity index (χ2n) is 7.16. The Kier molecular flexibility index (Phi) is 4.04. The van der Waals surface area contributed by atoms with Crippen molar-refractivity contribution in [2.24, 2.45) is 0 Å². The van der Waals surface area contributed by atoms with E-state index in [1.807, 2.05) is 37.3 Å². The fraction of sp³-hybridized carbons (Fsp3) is 0.238. The van der Waals surface area contributed by atoms with Gasteiger partial charge in [0.1, 0.15) is 11.4 Å². The van der Waals surface area contributed by atoms with Crippen molar-refractivity contribution < 1.29 is 9.21 Å². The van der Waals surface area contributed by atoms with E-state index in [1.165, 1.54) is 10.7 Å². The summed E-state index contributed by atoms with van der Waals surface area (Å²) in [6.45, 7) is 1.93. The summed E-state index contributed by atoms with van der Waals surface area (Å²) < 4.78 is 7.14. The van der Waals surface area contributed by atoms with E-state index in [4.69, 9.17) is 4.42 Å². The number of aromatic nitrogens is 4. The summed E-state index contributed by atoms with van der Waals surface area (Å²) in [5.74, 6) is 0.906. The molecule has 3 aromatic heterocycles. The largest absolute Gasteiger partial charge is 0.451 e. The molecule has 2 N–H and O–H groups in total. The Morgan fingerprint density at radius 1 is 1.28 bits per heavy atom. The minimum absolute atomic E-state index is 0.204. The summed E-state index contributed by atoms with van der Waals surface area (Å²) in [6.07, 6.45) is 2.74. The molecule has 0 spiro atoms. The van der Waals surface area contributed by atoms with Gasteiger partial charge >= 0.3 is 0 Å². The van der Waals surface area contributed by atoms with Crippen LogP contribution >= 0.6 is 0 Å². The van der Waals surface area contributed by atoms with Crippen LogP contribution < -0.4 is 10.9 Å². The first kappa shape index (κ1) is 17.4. The highest BCUT2D eigenvalue weighted by Gasteiger charge is 2.28. The quantitative estimate of drug-likeness (QED) is 0.544. The van der Waals surface area contributed by atoms with Crippen molar-refractivity contribution in [3.63, 3.8) is 0 Å². The number of anilines is 1. The molecule has 146 valence electrons. The molecule has 0 atom stereocenters. The molecule has 0 bridgehead atoms. The number of nitrogens with one attached hydrogen (secondary N) is 2. The number of carbonyl (C=O) groups is 1. The third-order valence-corrected chi connectivity index (χ3v) is 4.96. The number of amides is 1. The number of carbonyl (C=O) groups excluding carboxylic acids is 1. The highest BCUT2D eigenvalue weighted by molar-refractivity contribution is 6.04. The van der Waals surface area contributed by atoms with Crippen LogP contribution in [0.5, 0.6) is 0 Å². The molecule has 1 saturated carbocycles. The number of nitrogens with zero attached hydrogens (tertiary/aromatic N) is 3. The van der Waals surface area contributed by atoms with Gasteiger partial charge in [-0.1, -0.05) is 25.1 Å². The highest BCUT2D eigenvalue weighted by atomic mass is 16.3. The Morgan fingerprint density at radius 3 is 2.86 bits per heavy atom. The number of aromatic amines is 1. The molecule has 1 aromatic carbocycles. The van der Waals surface area contributed by atoms with Gasteiger partial charge < -0.3 is 9.73 Å². The normalized spacial score (nSPS) is 13.7. The summed E-state index contributed by atoms with van der Waals surface area (Å²) in [4.78, 5) is 32.0. The number of H-pyrrole nitrogens is 1. The fourth-order valence-corrected chi connectivity index (χ4v) is 3.28. The first-order chi connectivity index (χ1) is 14.1. The molecule has 8 heteroatoms. The van der Waals surface area contributed by atoms with Crippen LogP contribution in [0.25, 0.3) is 16.9 Å². The van der Waals surface area contributed by atoms with Crippen LogP contribution in [0.1, 0.15) is 47.6 Å². The Labute approximate surface area is 165 Å². The van der Waals surface area contributed by atoms with Gasteiger partial charge in [0.25, 0.3) is 11.5 Å². The minimum atomic E-state index is -0.390. The average Bonchev–Trinajstić information content (AvgIpc) is 3.34. The number of rotatable bonds is 5. The van der Waals surface area contributed by atoms with Crippen molar-refractivity contribution >= 4 is 22.7 Å². The van der Waals surface area contributed by atoms with Gasteiger partial charge in [0, 0.05) is 29.1 Å². The number of furan rings is 1. The highest BCUT2D eigenvalue weighted by Crippen LogP contribution is 2.40. The van der Waals surface area contributed by atoms with Crippen molar-refractivity contribution in [1.82, 2.24) is 19.7 Å². The molecule has 1 aliphatic carbocycles. The SMILES string of the molecule is CCc1cc(=O)[nH]c(-n2nc(C3CC3)cc2NC(=O)c2cc3ccccc3o2)n1. The van der Waals surface area contributed by atoms with Gasteiger partial charge in [-0.15, -0.1) is 0 Å². The zero-order valence-corrected chi connectivity index (χ0v) is 15.8. The number of hydrogen-bond acceptors (Lipinski definition) is 5. The summed E-state index contributed by atoms with van der Waals surface area (Å²) in [5.41, 5.74) is 1.91. The van der Waals surface area contributed by atoms with Crippen molar-refractivity contribution in [2.45, 2.75) is 32.1 Å². The zero-order chi connectivity index (χ0) is 20.0. The predicted molar refractivity (Wildman–Crippen MR) is 107 cm³/mol. The molecule has 0 aliphatic heterocycles. The molecule has 3 heterocycles. The van der Waals surface area contributed by atoms with E-state index in [2.05, 4.69) is 20.4 Å². The lowest BCUT2D eigenvalue weighted by molar-refractivity contribution is 0.0998. The van der Waals surface area contributed by atoms with Crippen molar-refractivity contribution in [3.8, 4) is 5.95 Å². The molecule has 5 rings (SSSR count). The van der Waals surface area contributed by atoms with Gasteiger partial charge in [0.05, 0.1) is 5.69 Å². The number of fused-ring (bicyclic) bond motifs is 1. The van der Waals surface area contributed by atoms with Gasteiger partial charge in [0.2, 0.25) is 5.95 Å². The summed E-state index contributed by atoms with van der Waals surface area (Å²) in [5, 5.41) is 8.29. The molecule has 1 amide bonds. The van der Waals surface area contributed by atoms with E-state index in [0.29, 0.717) is 29.4 Å². The minimum Gasteiger partial charge on any atom is -0.451 e. The first-order valence-corrected chi connectivity index (χ1v) is 9.61. The van der Waals surface area contributed by atoms with Crippen LogP contribution in [0.2, 0.25) is 0 Å². The van der Waals surface area contributed by atoms with Crippen molar-refractivity contribution in [3.05, 3.63) is 70.0 Å². The van der Waals surface area contributed by atoms with Crippen LogP contribution in [-0.4, -0.2) is 25.7 Å². The smallest absolute Gasteiger partial charge is 0.292 e. The Balaban J connectivity index is 1.53. The summed E-state index contributed by atoms with van der Waals surface area (Å²) >= 11 is 0. The maximum atomic E-state index is 12.8. The second kappa shape index (κ2) is 6.73. The molecule has 29 heavy (non-hydrogen) atoms. The predicted octanol–water partition coefficient (Wildman–Crippen LogP) is 3.39. The average molecular weight is 389 g/mol. The number of benzene rings is 1. The van der Waals surface area contributed by atoms with Crippen LogP contribution in [0.15, 0.2) is 51.7 Å². The van der Waals surface area contributed by atoms with Gasteiger partial charge in [-0.2, -0.15) is 9.78 Å². The molecule has 0 unspecified atom stereocenters. The van der Waals surface area contributed by atoms with E-state index in [1.54, 1.807) is 6.07 Å². The lowest BCUT2D eigenvalue weighted by Crippen LogP contribution is -2.19. The second-order valence-corrected chi connectivity index (χ2v) is 7.16. The first-order valence-electron chi connectivity index (χ1n) is 9.61. The van der Waals surface area contributed by atoms with Gasteiger partial charge in [-0.25, -0.2) is 4.98 Å². The van der Waals surface area contributed by atoms with E-state index < -0.39 is 5.91 Å². The molecule has 8 nitrogen and oxygen atoms in total. The van der Waals surface area contributed by atoms with Crippen LogP contribution in [-0.2, 0) is 6.42 Å². The third-order valence-electron chi connectivity index (χ3n) is 4.96. The maximum Gasteiger partial charge on any atom is 0.292 e. The van der Waals surface area contributed by atoms with Gasteiger partial charge in [-0.05, 0) is 31.4 Å². The van der Waals surface area contributed by atoms with Gasteiger partial charge in [-0.3, -0.25) is 14.6 Å². The Morgan fingerprint density at radius 2 is 2.10 bits per heavy atom. The molecular formula is C21H19N5O3. The van der Waals surface area contributed by atoms with Crippen molar-refractivity contribution in [1.29, 1.82) is 0 Å². The molecule has 4 aromatic rings. The van der Waals surface area contributed by atoms with E-state index in [9.17, 15) is 9.59 Å². The molecular weight excluding hydrogens is 370 g/mol. The maximum absolute atomic E-state index is 12.8. The monoisotopic (exact) mass is 389 g/mol. The summed E-state index contributed by atoms with van der Waals surface area (Å²) in [6, 6.07) is 12.4. The number of para-hydroxylation sites is 1. The Hall–Kier alpha value is -3.68. The lowest BCUT2D eigenvalue weighted by atomic mass is 10.2. The number of hydrogen-bond donors (Lipinski definition) is 2. The van der Waals surface area contributed by atoms with Crippen LogP contribution in [0, 0.1) is 0 Å². The zero-order valence-electron chi connectivity index (χ0n) is 15.8. The molecule has 1 aliphatic rings.